The number of allylic oxidation sites excluding steroid dienone is 3. The maximum absolute atomic E-state index is 5.48. The van der Waals surface area contributed by atoms with Gasteiger partial charge in [0.15, 0.2) is 0 Å². The van der Waals surface area contributed by atoms with Gasteiger partial charge in [0, 0.05) is 6.61 Å². The van der Waals surface area contributed by atoms with Gasteiger partial charge >= 0.3 is 0 Å². The SMILES string of the molecule is CCCCOC/C=C(\C)CCC=C(C)C. The van der Waals surface area contributed by atoms with Crippen LogP contribution in [0.3, 0.4) is 0 Å². The maximum Gasteiger partial charge on any atom is 0.0649 e. The van der Waals surface area contributed by atoms with Crippen LogP contribution in [-0.4, -0.2) is 13.2 Å². The molecule has 0 saturated heterocycles. The zero-order chi connectivity index (χ0) is 11.5. The highest BCUT2D eigenvalue weighted by Gasteiger charge is 1.89. The molecule has 0 aromatic rings. The molecular formula is C14H26O. The lowest BCUT2D eigenvalue weighted by Gasteiger charge is -2.01. The summed E-state index contributed by atoms with van der Waals surface area (Å²) < 4.78 is 5.48. The first kappa shape index (κ1) is 14.4. The Balaban J connectivity index is 3.48. The Morgan fingerprint density at radius 3 is 2.47 bits per heavy atom. The minimum Gasteiger partial charge on any atom is -0.377 e. The molecular weight excluding hydrogens is 184 g/mol. The smallest absolute Gasteiger partial charge is 0.0649 e. The van der Waals surface area contributed by atoms with E-state index in [0.29, 0.717) is 0 Å². The molecule has 0 amide bonds. The summed E-state index contributed by atoms with van der Waals surface area (Å²) >= 11 is 0. The molecule has 0 aliphatic heterocycles. The lowest BCUT2D eigenvalue weighted by molar-refractivity contribution is 0.158. The molecule has 0 saturated carbocycles. The summed E-state index contributed by atoms with van der Waals surface area (Å²) in [7, 11) is 0. The van der Waals surface area contributed by atoms with Crippen molar-refractivity contribution in [3.63, 3.8) is 0 Å². The van der Waals surface area contributed by atoms with Gasteiger partial charge in [-0.3, -0.25) is 0 Å². The predicted octanol–water partition coefficient (Wildman–Crippen LogP) is 4.50. The van der Waals surface area contributed by atoms with Crippen LogP contribution >= 0.6 is 0 Å². The van der Waals surface area contributed by atoms with E-state index >= 15 is 0 Å². The van der Waals surface area contributed by atoms with Gasteiger partial charge < -0.3 is 4.74 Å². The fraction of sp³-hybridized carbons (Fsp3) is 0.714. The van der Waals surface area contributed by atoms with Crippen LogP contribution in [0.15, 0.2) is 23.3 Å². The fourth-order valence-electron chi connectivity index (χ4n) is 1.22. The third-order valence-corrected chi connectivity index (χ3v) is 2.28. The number of hydrogen-bond donors (Lipinski definition) is 0. The van der Waals surface area contributed by atoms with Gasteiger partial charge in [-0.2, -0.15) is 0 Å². The van der Waals surface area contributed by atoms with E-state index in [9.17, 15) is 0 Å². The third kappa shape index (κ3) is 11.4. The van der Waals surface area contributed by atoms with E-state index in [1.165, 1.54) is 24.0 Å². The summed E-state index contributed by atoms with van der Waals surface area (Å²) in [5.41, 5.74) is 2.84. The second-order valence-electron chi connectivity index (χ2n) is 4.30. The van der Waals surface area contributed by atoms with Crippen LogP contribution in [-0.2, 0) is 4.74 Å². The monoisotopic (exact) mass is 210 g/mol. The summed E-state index contributed by atoms with van der Waals surface area (Å²) in [6.07, 6.45) is 9.18. The van der Waals surface area contributed by atoms with Gasteiger partial charge in [0.05, 0.1) is 6.61 Å². The second kappa shape index (κ2) is 9.97. The van der Waals surface area contributed by atoms with E-state index in [4.69, 9.17) is 4.74 Å². The Labute approximate surface area is 95.2 Å². The van der Waals surface area contributed by atoms with Crippen molar-refractivity contribution in [3.8, 4) is 0 Å². The fourth-order valence-corrected chi connectivity index (χ4v) is 1.22. The Kier molecular flexibility index (Phi) is 9.60. The molecule has 88 valence electrons. The summed E-state index contributed by atoms with van der Waals surface area (Å²) in [5, 5.41) is 0. The van der Waals surface area contributed by atoms with Crippen LogP contribution in [0.1, 0.15) is 53.4 Å². The number of hydrogen-bond acceptors (Lipinski definition) is 1. The normalized spacial score (nSPS) is 11.6. The highest BCUT2D eigenvalue weighted by Crippen LogP contribution is 2.06. The van der Waals surface area contributed by atoms with Gasteiger partial charge in [0.25, 0.3) is 0 Å². The first-order chi connectivity index (χ1) is 7.16. The zero-order valence-electron chi connectivity index (χ0n) is 10.8. The molecule has 0 aliphatic rings. The molecule has 0 spiro atoms. The topological polar surface area (TPSA) is 9.23 Å². The average Bonchev–Trinajstić information content (AvgIpc) is 2.17. The van der Waals surface area contributed by atoms with Gasteiger partial charge in [-0.1, -0.05) is 36.6 Å². The van der Waals surface area contributed by atoms with Gasteiger partial charge in [0.1, 0.15) is 0 Å². The molecule has 0 rings (SSSR count). The highest BCUT2D eigenvalue weighted by molar-refractivity contribution is 5.02. The van der Waals surface area contributed by atoms with Gasteiger partial charge in [-0.25, -0.2) is 0 Å². The van der Waals surface area contributed by atoms with Crippen molar-refractivity contribution in [2.75, 3.05) is 13.2 Å². The van der Waals surface area contributed by atoms with E-state index in [1.54, 1.807) is 0 Å². The quantitative estimate of drug-likeness (QED) is 0.423. The molecule has 0 bridgehead atoms. The molecule has 15 heavy (non-hydrogen) atoms. The lowest BCUT2D eigenvalue weighted by Crippen LogP contribution is -1.94. The minimum absolute atomic E-state index is 0.778. The van der Waals surface area contributed by atoms with Crippen molar-refractivity contribution in [1.82, 2.24) is 0 Å². The molecule has 0 radical (unpaired) electrons. The van der Waals surface area contributed by atoms with Crippen molar-refractivity contribution >= 4 is 0 Å². The van der Waals surface area contributed by atoms with E-state index in [-0.39, 0.29) is 0 Å². The van der Waals surface area contributed by atoms with E-state index < -0.39 is 0 Å². The van der Waals surface area contributed by atoms with Gasteiger partial charge in [0.2, 0.25) is 0 Å². The number of ether oxygens (including phenoxy) is 1. The van der Waals surface area contributed by atoms with Gasteiger partial charge in [-0.15, -0.1) is 0 Å². The molecule has 0 unspecified atom stereocenters. The Hall–Kier alpha value is -0.560. The molecule has 0 N–H and O–H groups in total. The maximum atomic E-state index is 5.48. The Bertz CT molecular complexity index is 197. The zero-order valence-corrected chi connectivity index (χ0v) is 10.8. The van der Waals surface area contributed by atoms with Crippen LogP contribution in [0.2, 0.25) is 0 Å². The van der Waals surface area contributed by atoms with Crippen LogP contribution in [0.25, 0.3) is 0 Å². The Morgan fingerprint density at radius 1 is 1.13 bits per heavy atom. The lowest BCUT2D eigenvalue weighted by atomic mass is 10.1. The van der Waals surface area contributed by atoms with Crippen molar-refractivity contribution in [2.45, 2.75) is 53.4 Å². The predicted molar refractivity (Wildman–Crippen MR) is 68.1 cm³/mol. The molecule has 0 heterocycles. The standard InChI is InChI=1S/C14H26O/c1-5-6-11-15-12-10-14(4)9-7-8-13(2)3/h8,10H,5-7,9,11-12H2,1-4H3/b14-10+. The number of rotatable bonds is 8. The Morgan fingerprint density at radius 2 is 1.87 bits per heavy atom. The number of unbranched alkanes of at least 4 members (excludes halogenated alkanes) is 1. The molecule has 1 nitrogen and oxygen atoms in total. The molecule has 1 heteroatoms. The first-order valence-corrected chi connectivity index (χ1v) is 6.03. The molecule has 0 fully saturated rings. The highest BCUT2D eigenvalue weighted by atomic mass is 16.5. The molecule has 0 aromatic carbocycles. The largest absolute Gasteiger partial charge is 0.377 e. The molecule has 0 aliphatic carbocycles. The van der Waals surface area contributed by atoms with E-state index in [0.717, 1.165) is 26.1 Å². The first-order valence-electron chi connectivity index (χ1n) is 6.03. The molecule has 0 atom stereocenters. The molecule has 0 aromatic heterocycles. The summed E-state index contributed by atoms with van der Waals surface area (Å²) in [6, 6.07) is 0. The summed E-state index contributed by atoms with van der Waals surface area (Å²) in [6.45, 7) is 10.3. The van der Waals surface area contributed by atoms with Gasteiger partial charge in [-0.05, 0) is 40.0 Å². The van der Waals surface area contributed by atoms with Crippen molar-refractivity contribution in [1.29, 1.82) is 0 Å². The second-order valence-corrected chi connectivity index (χ2v) is 4.30. The van der Waals surface area contributed by atoms with E-state index in [2.05, 4.69) is 39.8 Å². The summed E-state index contributed by atoms with van der Waals surface area (Å²) in [4.78, 5) is 0. The minimum atomic E-state index is 0.778. The van der Waals surface area contributed by atoms with E-state index in [1.807, 2.05) is 0 Å². The van der Waals surface area contributed by atoms with Crippen molar-refractivity contribution in [2.24, 2.45) is 0 Å². The average molecular weight is 210 g/mol. The van der Waals surface area contributed by atoms with Crippen LogP contribution in [0, 0.1) is 0 Å². The third-order valence-electron chi connectivity index (χ3n) is 2.28. The summed E-state index contributed by atoms with van der Waals surface area (Å²) in [5.74, 6) is 0. The van der Waals surface area contributed by atoms with Crippen molar-refractivity contribution < 1.29 is 4.74 Å². The van der Waals surface area contributed by atoms with Crippen LogP contribution in [0.4, 0.5) is 0 Å². The van der Waals surface area contributed by atoms with Crippen LogP contribution in [0.5, 0.6) is 0 Å². The van der Waals surface area contributed by atoms with Crippen LogP contribution < -0.4 is 0 Å². The van der Waals surface area contributed by atoms with Crippen molar-refractivity contribution in [3.05, 3.63) is 23.3 Å².